The Morgan fingerprint density at radius 3 is 2.68 bits per heavy atom. The Balaban J connectivity index is 2.36. The molecule has 9 heteroatoms. The fourth-order valence-corrected chi connectivity index (χ4v) is 1.76. The van der Waals surface area contributed by atoms with E-state index in [1.807, 2.05) is 0 Å². The van der Waals surface area contributed by atoms with Crippen LogP contribution < -0.4 is 22.2 Å². The number of nitrogens with one attached hydrogen (secondary N) is 2. The molecular formula is C13H23N7O2. The average Bonchev–Trinajstić information content (AvgIpc) is 3.30. The van der Waals surface area contributed by atoms with E-state index in [9.17, 15) is 9.59 Å². The van der Waals surface area contributed by atoms with Gasteiger partial charge in [0.25, 0.3) is 0 Å². The summed E-state index contributed by atoms with van der Waals surface area (Å²) >= 11 is 0. The van der Waals surface area contributed by atoms with Gasteiger partial charge in [-0.15, -0.1) is 0 Å². The predicted octanol–water partition coefficient (Wildman–Crippen LogP) is -2.19. The van der Waals surface area contributed by atoms with Crippen molar-refractivity contribution in [3.8, 4) is 6.07 Å². The highest BCUT2D eigenvalue weighted by Gasteiger charge is 2.47. The van der Waals surface area contributed by atoms with E-state index in [0.29, 0.717) is 38.0 Å². The molecule has 22 heavy (non-hydrogen) atoms. The zero-order valence-corrected chi connectivity index (χ0v) is 12.7. The number of likely N-dealkylation sites (N-methyl/N-ethyl adjacent to an activating group) is 1. The van der Waals surface area contributed by atoms with E-state index < -0.39 is 5.54 Å². The second-order valence-electron chi connectivity index (χ2n) is 5.21. The van der Waals surface area contributed by atoms with Crippen LogP contribution in [0.4, 0.5) is 0 Å². The van der Waals surface area contributed by atoms with E-state index in [1.165, 1.54) is 16.1 Å². The van der Waals surface area contributed by atoms with Crippen LogP contribution in [0.5, 0.6) is 0 Å². The molecule has 0 aliphatic heterocycles. The van der Waals surface area contributed by atoms with Gasteiger partial charge in [0.15, 0.2) is 0 Å². The monoisotopic (exact) mass is 309 g/mol. The van der Waals surface area contributed by atoms with Crippen LogP contribution >= 0.6 is 0 Å². The number of nitriles is 1. The Labute approximate surface area is 129 Å². The normalized spacial score (nSPS) is 15.6. The molecule has 0 heterocycles. The number of amides is 2. The minimum Gasteiger partial charge on any atom is -0.399 e. The summed E-state index contributed by atoms with van der Waals surface area (Å²) in [6.45, 7) is 1.12. The number of carbonyl (C=O) groups is 2. The van der Waals surface area contributed by atoms with Crippen LogP contribution in [-0.4, -0.2) is 61.0 Å². The maximum atomic E-state index is 11.7. The molecule has 0 atom stereocenters. The zero-order chi connectivity index (χ0) is 16.6. The Hall–Kier alpha value is -2.31. The standard InChI is InChI=1S/C13H23N7O2/c1-17-4-5-19(10-21)8-12(22)18-6-11(15)7-20(16)13(9-14)2-3-13/h7,10,17H,2-6,8,15-16H2,1H3,(H,18,22)/b11-7-. The molecule has 0 spiro atoms. The van der Waals surface area contributed by atoms with Gasteiger partial charge in [0, 0.05) is 25.0 Å². The average molecular weight is 309 g/mol. The lowest BCUT2D eigenvalue weighted by Gasteiger charge is -2.20. The Morgan fingerprint density at radius 1 is 1.50 bits per heavy atom. The van der Waals surface area contributed by atoms with Crippen molar-refractivity contribution in [2.24, 2.45) is 11.6 Å². The van der Waals surface area contributed by atoms with Gasteiger partial charge in [0.2, 0.25) is 12.3 Å². The second-order valence-corrected chi connectivity index (χ2v) is 5.21. The summed E-state index contributed by atoms with van der Waals surface area (Å²) in [4.78, 5) is 23.9. The van der Waals surface area contributed by atoms with Crippen molar-refractivity contribution in [1.29, 1.82) is 5.26 Å². The van der Waals surface area contributed by atoms with Crippen molar-refractivity contribution < 1.29 is 9.59 Å². The maximum Gasteiger partial charge on any atom is 0.239 e. The van der Waals surface area contributed by atoms with Gasteiger partial charge in [0.1, 0.15) is 5.54 Å². The van der Waals surface area contributed by atoms with E-state index in [1.54, 1.807) is 7.05 Å². The molecule has 0 bridgehead atoms. The van der Waals surface area contributed by atoms with Crippen LogP contribution in [0.25, 0.3) is 0 Å². The van der Waals surface area contributed by atoms with Gasteiger partial charge in [-0.1, -0.05) is 0 Å². The Bertz CT molecular complexity index is 467. The van der Waals surface area contributed by atoms with Gasteiger partial charge in [-0.05, 0) is 19.9 Å². The summed E-state index contributed by atoms with van der Waals surface area (Å²) in [6, 6.07) is 2.14. The third kappa shape index (κ3) is 5.23. The van der Waals surface area contributed by atoms with Crippen LogP contribution in [0.2, 0.25) is 0 Å². The van der Waals surface area contributed by atoms with E-state index >= 15 is 0 Å². The summed E-state index contributed by atoms with van der Waals surface area (Å²) in [6.07, 6.45) is 3.49. The van der Waals surface area contributed by atoms with Gasteiger partial charge in [0.05, 0.1) is 19.2 Å². The SMILES string of the molecule is CNCCN(C=O)CC(=O)NC/C(N)=C/N(N)C1(C#N)CC1. The quantitative estimate of drug-likeness (QED) is 0.204. The molecule has 122 valence electrons. The first-order chi connectivity index (χ1) is 10.5. The van der Waals surface area contributed by atoms with Crippen LogP contribution in [0, 0.1) is 11.3 Å². The van der Waals surface area contributed by atoms with E-state index in [-0.39, 0.29) is 19.0 Å². The molecule has 1 saturated carbocycles. The Kier molecular flexibility index (Phi) is 6.62. The molecule has 1 rings (SSSR count). The Morgan fingerprint density at radius 2 is 2.18 bits per heavy atom. The third-order valence-corrected chi connectivity index (χ3v) is 3.37. The number of rotatable bonds is 10. The molecule has 6 N–H and O–H groups in total. The predicted molar refractivity (Wildman–Crippen MR) is 80.4 cm³/mol. The topological polar surface area (TPSA) is 141 Å². The molecule has 0 radical (unpaired) electrons. The van der Waals surface area contributed by atoms with E-state index in [0.717, 1.165) is 0 Å². The van der Waals surface area contributed by atoms with Gasteiger partial charge < -0.3 is 21.3 Å². The number of carbonyl (C=O) groups excluding carboxylic acids is 2. The zero-order valence-electron chi connectivity index (χ0n) is 12.7. The molecule has 1 aliphatic carbocycles. The molecule has 0 aromatic heterocycles. The van der Waals surface area contributed by atoms with Gasteiger partial charge >= 0.3 is 0 Å². The number of hydrazine groups is 1. The smallest absolute Gasteiger partial charge is 0.239 e. The molecule has 0 aromatic rings. The first-order valence-corrected chi connectivity index (χ1v) is 6.99. The highest BCUT2D eigenvalue weighted by Crippen LogP contribution is 2.39. The molecule has 2 amide bonds. The molecular weight excluding hydrogens is 286 g/mol. The summed E-state index contributed by atoms with van der Waals surface area (Å²) in [5, 5.41) is 15.8. The fraction of sp³-hybridized carbons (Fsp3) is 0.615. The highest BCUT2D eigenvalue weighted by atomic mass is 16.2. The fourth-order valence-electron chi connectivity index (χ4n) is 1.76. The van der Waals surface area contributed by atoms with E-state index in [2.05, 4.69) is 16.7 Å². The van der Waals surface area contributed by atoms with Gasteiger partial charge in [-0.2, -0.15) is 5.26 Å². The summed E-state index contributed by atoms with van der Waals surface area (Å²) < 4.78 is 0. The van der Waals surface area contributed by atoms with Crippen LogP contribution in [0.3, 0.4) is 0 Å². The summed E-state index contributed by atoms with van der Waals surface area (Å²) in [5.74, 6) is 5.45. The van der Waals surface area contributed by atoms with Gasteiger partial charge in [-0.25, -0.2) is 5.84 Å². The number of nitrogens with zero attached hydrogens (tertiary/aromatic N) is 3. The largest absolute Gasteiger partial charge is 0.399 e. The molecule has 0 unspecified atom stereocenters. The van der Waals surface area contributed by atoms with Crippen molar-refractivity contribution in [2.75, 3.05) is 33.2 Å². The molecule has 1 fully saturated rings. The third-order valence-electron chi connectivity index (χ3n) is 3.37. The summed E-state index contributed by atoms with van der Waals surface area (Å²) in [7, 11) is 1.76. The van der Waals surface area contributed by atoms with Crippen molar-refractivity contribution in [3.63, 3.8) is 0 Å². The highest BCUT2D eigenvalue weighted by molar-refractivity contribution is 5.80. The van der Waals surface area contributed by atoms with Crippen molar-refractivity contribution in [2.45, 2.75) is 18.4 Å². The van der Waals surface area contributed by atoms with Crippen molar-refractivity contribution in [1.82, 2.24) is 20.5 Å². The lowest BCUT2D eigenvalue weighted by molar-refractivity contribution is -0.127. The van der Waals surface area contributed by atoms with E-state index in [4.69, 9.17) is 16.8 Å². The van der Waals surface area contributed by atoms with Crippen LogP contribution in [0.15, 0.2) is 11.9 Å². The summed E-state index contributed by atoms with van der Waals surface area (Å²) in [5.41, 5.74) is 5.45. The first-order valence-electron chi connectivity index (χ1n) is 6.99. The van der Waals surface area contributed by atoms with Gasteiger partial charge in [-0.3, -0.25) is 14.6 Å². The second kappa shape index (κ2) is 8.21. The minimum absolute atomic E-state index is 0.0348. The lowest BCUT2D eigenvalue weighted by atomic mass is 10.3. The number of nitrogens with two attached hydrogens (primary N) is 2. The molecule has 9 nitrogen and oxygen atoms in total. The maximum absolute atomic E-state index is 11.7. The molecule has 0 aromatic carbocycles. The lowest BCUT2D eigenvalue weighted by Crippen LogP contribution is -2.41. The molecule has 1 aliphatic rings. The van der Waals surface area contributed by atoms with Crippen molar-refractivity contribution in [3.05, 3.63) is 11.9 Å². The van der Waals surface area contributed by atoms with Crippen molar-refractivity contribution >= 4 is 12.3 Å². The number of hydrogen-bond donors (Lipinski definition) is 4. The van der Waals surface area contributed by atoms with Crippen LogP contribution in [-0.2, 0) is 9.59 Å². The first kappa shape index (κ1) is 17.7. The van der Waals surface area contributed by atoms with Crippen LogP contribution in [0.1, 0.15) is 12.8 Å². The number of hydrogen-bond acceptors (Lipinski definition) is 7. The molecule has 0 saturated heterocycles. The minimum atomic E-state index is -0.657.